The number of benzene rings is 2. The van der Waals surface area contributed by atoms with Gasteiger partial charge in [-0.3, -0.25) is 9.69 Å². The number of ether oxygens (including phenoxy) is 2. The van der Waals surface area contributed by atoms with E-state index in [9.17, 15) is 4.79 Å². The molecule has 2 N–H and O–H groups in total. The summed E-state index contributed by atoms with van der Waals surface area (Å²) < 4.78 is 11.3. The van der Waals surface area contributed by atoms with Crippen LogP contribution in [0.2, 0.25) is 0 Å². The molecule has 0 fully saturated rings. The molecule has 0 amide bonds. The van der Waals surface area contributed by atoms with E-state index in [-0.39, 0.29) is 5.56 Å². The molecular formula is C27H27N5O3. The van der Waals surface area contributed by atoms with E-state index in [4.69, 9.17) is 9.47 Å². The van der Waals surface area contributed by atoms with Crippen LogP contribution in [0.5, 0.6) is 5.75 Å². The normalized spacial score (nSPS) is 11.5. The highest BCUT2D eigenvalue weighted by molar-refractivity contribution is 5.89. The van der Waals surface area contributed by atoms with Crippen molar-refractivity contribution in [1.29, 1.82) is 0 Å². The Labute approximate surface area is 202 Å². The first-order chi connectivity index (χ1) is 17.2. The third kappa shape index (κ3) is 5.40. The van der Waals surface area contributed by atoms with Gasteiger partial charge in [-0.1, -0.05) is 18.2 Å². The summed E-state index contributed by atoms with van der Waals surface area (Å²) in [5.74, 6) is 0.783. The van der Waals surface area contributed by atoms with Gasteiger partial charge in [0.05, 0.1) is 17.9 Å². The van der Waals surface area contributed by atoms with E-state index in [1.807, 2.05) is 67.0 Å². The van der Waals surface area contributed by atoms with Crippen LogP contribution in [0.1, 0.15) is 5.56 Å². The smallest absolute Gasteiger partial charge is 0.257 e. The highest BCUT2D eigenvalue weighted by Crippen LogP contribution is 2.27. The molecule has 0 radical (unpaired) electrons. The first-order valence-corrected chi connectivity index (χ1v) is 11.5. The summed E-state index contributed by atoms with van der Waals surface area (Å²) in [5, 5.41) is 1.98. The van der Waals surface area contributed by atoms with E-state index in [0.717, 1.165) is 58.4 Å². The molecule has 5 aromatic rings. The number of pyridine rings is 1. The fourth-order valence-electron chi connectivity index (χ4n) is 4.15. The van der Waals surface area contributed by atoms with Crippen molar-refractivity contribution < 1.29 is 9.47 Å². The maximum atomic E-state index is 12.7. The van der Waals surface area contributed by atoms with Gasteiger partial charge in [0.15, 0.2) is 0 Å². The Morgan fingerprint density at radius 3 is 2.54 bits per heavy atom. The number of aromatic amines is 2. The highest BCUT2D eigenvalue weighted by atomic mass is 16.5. The van der Waals surface area contributed by atoms with Crippen LogP contribution in [0.3, 0.4) is 0 Å². The van der Waals surface area contributed by atoms with E-state index in [1.54, 1.807) is 7.11 Å². The molecule has 8 heteroatoms. The lowest BCUT2D eigenvalue weighted by Gasteiger charge is -2.21. The lowest BCUT2D eigenvalue weighted by atomic mass is 10.1. The number of methoxy groups -OCH3 is 1. The van der Waals surface area contributed by atoms with Gasteiger partial charge >= 0.3 is 0 Å². The Morgan fingerprint density at radius 1 is 0.886 bits per heavy atom. The summed E-state index contributed by atoms with van der Waals surface area (Å²) in [6.45, 7) is 3.43. The van der Waals surface area contributed by atoms with Gasteiger partial charge in [0.1, 0.15) is 18.7 Å². The number of nitrogens with zero attached hydrogens (tertiary/aromatic N) is 3. The Balaban J connectivity index is 1.28. The Kier molecular flexibility index (Phi) is 6.83. The molecule has 0 unspecified atom stereocenters. The maximum Gasteiger partial charge on any atom is 0.257 e. The second kappa shape index (κ2) is 10.5. The van der Waals surface area contributed by atoms with Crippen molar-refractivity contribution in [3.63, 3.8) is 0 Å². The lowest BCUT2D eigenvalue weighted by Crippen LogP contribution is -2.31. The molecule has 0 aliphatic heterocycles. The SMILES string of the molecule is COCCN(CCOc1ccc2[nH]c(-c3cc4ccccc4[nH]c3=O)cc2c1)Cc1cncnc1. The number of nitrogens with one attached hydrogen (secondary N) is 2. The Bertz CT molecular complexity index is 1480. The minimum absolute atomic E-state index is 0.119. The predicted octanol–water partition coefficient (Wildman–Crippen LogP) is 3.99. The van der Waals surface area contributed by atoms with Crippen LogP contribution in [-0.4, -0.2) is 58.2 Å². The standard InChI is InChI=1S/C27H27N5O3/c1-34-10-8-32(17-19-15-28-18-29-16-19)9-11-35-22-6-7-25-21(12-22)14-26(30-25)23-13-20-4-2-3-5-24(20)31-27(23)33/h2-7,12-16,18,30H,8-11,17H2,1H3,(H,31,33). The molecule has 3 heterocycles. The molecule has 178 valence electrons. The van der Waals surface area contributed by atoms with Crippen LogP contribution in [0.25, 0.3) is 33.1 Å². The van der Waals surface area contributed by atoms with Crippen molar-refractivity contribution in [2.24, 2.45) is 0 Å². The second-order valence-corrected chi connectivity index (χ2v) is 8.40. The number of aromatic nitrogens is 4. The van der Waals surface area contributed by atoms with Crippen molar-refractivity contribution >= 4 is 21.8 Å². The molecular weight excluding hydrogens is 442 g/mol. The topological polar surface area (TPSA) is 96.1 Å². The zero-order valence-corrected chi connectivity index (χ0v) is 19.5. The van der Waals surface area contributed by atoms with Crippen molar-refractivity contribution in [2.45, 2.75) is 6.54 Å². The molecule has 2 aromatic carbocycles. The van der Waals surface area contributed by atoms with Crippen LogP contribution in [-0.2, 0) is 11.3 Å². The van der Waals surface area contributed by atoms with Crippen LogP contribution < -0.4 is 10.3 Å². The number of hydrogen-bond acceptors (Lipinski definition) is 6. The number of fused-ring (bicyclic) bond motifs is 2. The first kappa shape index (κ1) is 22.8. The van der Waals surface area contributed by atoms with Crippen LogP contribution in [0.4, 0.5) is 0 Å². The molecule has 5 rings (SSSR count). The quantitative estimate of drug-likeness (QED) is 0.321. The second-order valence-electron chi connectivity index (χ2n) is 8.40. The van der Waals surface area contributed by atoms with Gasteiger partial charge in [0.2, 0.25) is 0 Å². The van der Waals surface area contributed by atoms with E-state index >= 15 is 0 Å². The zero-order chi connectivity index (χ0) is 24.0. The minimum atomic E-state index is -0.119. The van der Waals surface area contributed by atoms with Gasteiger partial charge in [-0.05, 0) is 41.8 Å². The Morgan fingerprint density at radius 2 is 1.69 bits per heavy atom. The molecule has 0 aliphatic carbocycles. The van der Waals surface area contributed by atoms with Gasteiger partial charge in [0, 0.05) is 61.1 Å². The Hall–Kier alpha value is -4.01. The van der Waals surface area contributed by atoms with Gasteiger partial charge < -0.3 is 19.4 Å². The lowest BCUT2D eigenvalue weighted by molar-refractivity contribution is 0.130. The molecule has 0 spiro atoms. The summed E-state index contributed by atoms with van der Waals surface area (Å²) in [6, 6.07) is 17.6. The predicted molar refractivity (Wildman–Crippen MR) is 137 cm³/mol. The van der Waals surface area contributed by atoms with Crippen LogP contribution in [0, 0.1) is 0 Å². The van der Waals surface area contributed by atoms with Gasteiger partial charge in [0.25, 0.3) is 5.56 Å². The molecule has 3 aromatic heterocycles. The van der Waals surface area contributed by atoms with Crippen LogP contribution >= 0.6 is 0 Å². The number of hydrogen-bond donors (Lipinski definition) is 2. The molecule has 35 heavy (non-hydrogen) atoms. The largest absolute Gasteiger partial charge is 0.492 e. The maximum absolute atomic E-state index is 12.7. The summed E-state index contributed by atoms with van der Waals surface area (Å²) >= 11 is 0. The average Bonchev–Trinajstić information content (AvgIpc) is 3.30. The average molecular weight is 470 g/mol. The van der Waals surface area contributed by atoms with Gasteiger partial charge in [-0.25, -0.2) is 9.97 Å². The third-order valence-corrected chi connectivity index (χ3v) is 5.94. The van der Waals surface area contributed by atoms with Crippen LogP contribution in [0.15, 0.2) is 78.1 Å². The molecule has 0 atom stereocenters. The third-order valence-electron chi connectivity index (χ3n) is 5.94. The minimum Gasteiger partial charge on any atom is -0.492 e. The van der Waals surface area contributed by atoms with E-state index in [0.29, 0.717) is 18.8 Å². The molecule has 8 nitrogen and oxygen atoms in total. The van der Waals surface area contributed by atoms with Crippen molar-refractivity contribution in [2.75, 3.05) is 33.4 Å². The van der Waals surface area contributed by atoms with Crippen molar-refractivity contribution in [1.82, 2.24) is 24.8 Å². The van der Waals surface area contributed by atoms with E-state index < -0.39 is 0 Å². The fourth-order valence-corrected chi connectivity index (χ4v) is 4.15. The van der Waals surface area contributed by atoms with E-state index in [1.165, 1.54) is 6.33 Å². The number of rotatable bonds is 10. The molecule has 0 bridgehead atoms. The van der Waals surface area contributed by atoms with Gasteiger partial charge in [-0.2, -0.15) is 0 Å². The summed E-state index contributed by atoms with van der Waals surface area (Å²) in [7, 11) is 1.70. The number of para-hydroxylation sites is 1. The number of H-pyrrole nitrogens is 2. The molecule has 0 aliphatic rings. The van der Waals surface area contributed by atoms with Gasteiger partial charge in [-0.15, -0.1) is 0 Å². The summed E-state index contributed by atoms with van der Waals surface area (Å²) in [4.78, 5) is 29.4. The fraction of sp³-hybridized carbons (Fsp3) is 0.222. The molecule has 0 saturated carbocycles. The summed E-state index contributed by atoms with van der Waals surface area (Å²) in [6.07, 6.45) is 5.18. The van der Waals surface area contributed by atoms with E-state index in [2.05, 4.69) is 24.8 Å². The zero-order valence-electron chi connectivity index (χ0n) is 19.5. The molecule has 0 saturated heterocycles. The highest BCUT2D eigenvalue weighted by Gasteiger charge is 2.11. The van der Waals surface area contributed by atoms with Crippen molar-refractivity contribution in [3.05, 3.63) is 89.2 Å². The monoisotopic (exact) mass is 469 g/mol. The van der Waals surface area contributed by atoms with Crippen molar-refractivity contribution in [3.8, 4) is 17.0 Å². The first-order valence-electron chi connectivity index (χ1n) is 11.5. The summed E-state index contributed by atoms with van der Waals surface area (Å²) in [5.41, 5.74) is 4.10.